The largest absolute Gasteiger partial charge is 0.436 e. The highest BCUT2D eigenvalue weighted by molar-refractivity contribution is 6.30. The zero-order valence-electron chi connectivity index (χ0n) is 16.6. The Bertz CT molecular complexity index is 1170. The number of anilines is 1. The summed E-state index contributed by atoms with van der Waals surface area (Å²) in [5, 5.41) is 6.23. The van der Waals surface area contributed by atoms with Gasteiger partial charge in [-0.3, -0.25) is 9.59 Å². The molecule has 1 heterocycles. The first kappa shape index (κ1) is 20.6. The van der Waals surface area contributed by atoms with E-state index in [4.69, 9.17) is 16.0 Å². The highest BCUT2D eigenvalue weighted by Gasteiger charge is 2.09. The van der Waals surface area contributed by atoms with Gasteiger partial charge in [0.05, 0.1) is 0 Å². The third-order valence-corrected chi connectivity index (χ3v) is 4.93. The van der Waals surface area contributed by atoms with Crippen LogP contribution in [0.1, 0.15) is 23.2 Å². The van der Waals surface area contributed by atoms with Crippen molar-refractivity contribution in [2.24, 2.45) is 0 Å². The second kappa shape index (κ2) is 9.45. The first-order valence-corrected chi connectivity index (χ1v) is 10.3. The summed E-state index contributed by atoms with van der Waals surface area (Å²) in [6.07, 6.45) is 0.833. The van der Waals surface area contributed by atoms with Gasteiger partial charge >= 0.3 is 0 Å². The van der Waals surface area contributed by atoms with Crippen LogP contribution in [0.3, 0.4) is 0 Å². The monoisotopic (exact) mass is 433 g/mol. The molecule has 156 valence electrons. The number of fused-ring (bicyclic) bond motifs is 1. The van der Waals surface area contributed by atoms with E-state index in [0.29, 0.717) is 41.6 Å². The molecule has 7 heteroatoms. The number of nitrogens with zero attached hydrogens (tertiary/aromatic N) is 1. The molecule has 6 nitrogen and oxygen atoms in total. The molecule has 31 heavy (non-hydrogen) atoms. The zero-order valence-corrected chi connectivity index (χ0v) is 17.4. The normalized spacial score (nSPS) is 10.7. The second-order valence-electron chi connectivity index (χ2n) is 6.98. The average Bonchev–Trinajstić information content (AvgIpc) is 3.22. The molecule has 0 saturated carbocycles. The van der Waals surface area contributed by atoms with Crippen molar-refractivity contribution in [2.45, 2.75) is 12.8 Å². The molecule has 4 rings (SSSR count). The van der Waals surface area contributed by atoms with E-state index in [0.717, 1.165) is 16.7 Å². The molecule has 0 aliphatic rings. The van der Waals surface area contributed by atoms with Gasteiger partial charge in [-0.1, -0.05) is 23.7 Å². The summed E-state index contributed by atoms with van der Waals surface area (Å²) in [5.41, 5.74) is 3.60. The van der Waals surface area contributed by atoms with E-state index in [1.165, 1.54) is 0 Å². The molecule has 0 bridgehead atoms. The molecular weight excluding hydrogens is 414 g/mol. The molecule has 2 N–H and O–H groups in total. The van der Waals surface area contributed by atoms with Crippen LogP contribution < -0.4 is 10.6 Å². The topological polar surface area (TPSA) is 84.2 Å². The van der Waals surface area contributed by atoms with Crippen LogP contribution in [0.2, 0.25) is 5.02 Å². The maximum atomic E-state index is 12.2. The van der Waals surface area contributed by atoms with Gasteiger partial charge in [0.15, 0.2) is 5.58 Å². The van der Waals surface area contributed by atoms with Crippen molar-refractivity contribution < 1.29 is 14.0 Å². The number of hydrogen-bond acceptors (Lipinski definition) is 4. The number of hydrogen-bond donors (Lipinski definition) is 2. The minimum atomic E-state index is -0.188. The Labute approximate surface area is 184 Å². The van der Waals surface area contributed by atoms with Crippen LogP contribution in [0.25, 0.3) is 22.6 Å². The lowest BCUT2D eigenvalue weighted by atomic mass is 10.2. The van der Waals surface area contributed by atoms with Crippen LogP contribution >= 0.6 is 11.6 Å². The predicted octanol–water partition coefficient (Wildman–Crippen LogP) is 5.30. The molecule has 0 atom stereocenters. The minimum absolute atomic E-state index is 0.115. The number of oxazole rings is 1. The Morgan fingerprint density at radius 1 is 0.935 bits per heavy atom. The molecule has 0 aliphatic carbocycles. The summed E-state index contributed by atoms with van der Waals surface area (Å²) < 4.78 is 5.76. The number of nitrogens with one attached hydrogen (secondary N) is 2. The van der Waals surface area contributed by atoms with E-state index in [2.05, 4.69) is 15.6 Å². The van der Waals surface area contributed by atoms with Gasteiger partial charge in [-0.05, 0) is 67.1 Å². The van der Waals surface area contributed by atoms with Crippen LogP contribution in [0, 0.1) is 0 Å². The number of aromatic nitrogens is 1. The Morgan fingerprint density at radius 2 is 1.68 bits per heavy atom. The van der Waals surface area contributed by atoms with Crippen LogP contribution in [-0.2, 0) is 4.79 Å². The van der Waals surface area contributed by atoms with Gasteiger partial charge in [0, 0.05) is 34.8 Å². The molecule has 0 radical (unpaired) electrons. The van der Waals surface area contributed by atoms with E-state index >= 15 is 0 Å². The Morgan fingerprint density at radius 3 is 2.42 bits per heavy atom. The van der Waals surface area contributed by atoms with Crippen molar-refractivity contribution in [3.63, 3.8) is 0 Å². The number of rotatable bonds is 7. The molecule has 0 aliphatic heterocycles. The summed E-state index contributed by atoms with van der Waals surface area (Å²) in [6, 6.07) is 21.6. The van der Waals surface area contributed by atoms with Gasteiger partial charge in [-0.25, -0.2) is 4.98 Å². The fourth-order valence-corrected chi connectivity index (χ4v) is 3.20. The van der Waals surface area contributed by atoms with Crippen LogP contribution in [0.15, 0.2) is 77.2 Å². The highest BCUT2D eigenvalue weighted by Crippen LogP contribution is 2.25. The molecular formula is C24H20ClN3O3. The average molecular weight is 434 g/mol. The van der Waals surface area contributed by atoms with Gasteiger partial charge in [-0.2, -0.15) is 0 Å². The number of para-hydroxylation sites is 2. The summed E-state index contributed by atoms with van der Waals surface area (Å²) in [5.74, 6) is 0.234. The fraction of sp³-hybridized carbons (Fsp3) is 0.125. The Balaban J connectivity index is 1.24. The number of amides is 2. The van der Waals surface area contributed by atoms with Crippen molar-refractivity contribution in [2.75, 3.05) is 11.9 Å². The highest BCUT2D eigenvalue weighted by atomic mass is 35.5. The lowest BCUT2D eigenvalue weighted by molar-refractivity contribution is -0.116. The molecule has 0 fully saturated rings. The van der Waals surface area contributed by atoms with Gasteiger partial charge in [0.2, 0.25) is 11.8 Å². The zero-order chi connectivity index (χ0) is 21.6. The first-order valence-electron chi connectivity index (χ1n) is 9.88. The maximum absolute atomic E-state index is 12.2. The number of benzene rings is 3. The smallest absolute Gasteiger partial charge is 0.251 e. The fourth-order valence-electron chi connectivity index (χ4n) is 3.07. The second-order valence-corrected chi connectivity index (χ2v) is 7.42. The SMILES string of the molecule is O=C(CCCNC(=O)c1ccc(Cl)cc1)Nc1ccc(-c2nc3ccccc3o2)cc1. The quantitative estimate of drug-likeness (QED) is 0.387. The van der Waals surface area contributed by atoms with E-state index in [9.17, 15) is 9.59 Å². The van der Waals surface area contributed by atoms with E-state index in [-0.39, 0.29) is 11.8 Å². The van der Waals surface area contributed by atoms with Gasteiger partial charge in [-0.15, -0.1) is 0 Å². The third-order valence-electron chi connectivity index (χ3n) is 4.68. The summed E-state index contributed by atoms with van der Waals surface area (Å²) in [7, 11) is 0. The number of carbonyl (C=O) groups excluding carboxylic acids is 2. The van der Waals surface area contributed by atoms with Crippen LogP contribution in [0.5, 0.6) is 0 Å². The summed E-state index contributed by atoms with van der Waals surface area (Å²) in [4.78, 5) is 28.7. The predicted molar refractivity (Wildman–Crippen MR) is 121 cm³/mol. The van der Waals surface area contributed by atoms with E-state index < -0.39 is 0 Å². The molecule has 0 unspecified atom stereocenters. The molecule has 4 aromatic rings. The van der Waals surface area contributed by atoms with E-state index in [1.54, 1.807) is 24.3 Å². The number of halogens is 1. The lowest BCUT2D eigenvalue weighted by Gasteiger charge is -2.07. The van der Waals surface area contributed by atoms with Crippen molar-refractivity contribution in [3.8, 4) is 11.5 Å². The third kappa shape index (κ3) is 5.29. The van der Waals surface area contributed by atoms with Crippen molar-refractivity contribution in [1.82, 2.24) is 10.3 Å². The van der Waals surface area contributed by atoms with Gasteiger partial charge in [0.25, 0.3) is 5.91 Å². The van der Waals surface area contributed by atoms with Crippen molar-refractivity contribution in [3.05, 3.63) is 83.4 Å². The van der Waals surface area contributed by atoms with E-state index in [1.807, 2.05) is 48.5 Å². The molecule has 2 amide bonds. The van der Waals surface area contributed by atoms with Gasteiger partial charge in [0.1, 0.15) is 5.52 Å². The minimum Gasteiger partial charge on any atom is -0.436 e. The Kier molecular flexibility index (Phi) is 6.29. The van der Waals surface area contributed by atoms with Crippen LogP contribution in [0.4, 0.5) is 5.69 Å². The summed E-state index contributed by atoms with van der Waals surface area (Å²) in [6.45, 7) is 0.408. The first-order chi connectivity index (χ1) is 15.1. The lowest BCUT2D eigenvalue weighted by Crippen LogP contribution is -2.25. The van der Waals surface area contributed by atoms with Crippen LogP contribution in [-0.4, -0.2) is 23.3 Å². The van der Waals surface area contributed by atoms with Gasteiger partial charge < -0.3 is 15.1 Å². The maximum Gasteiger partial charge on any atom is 0.251 e. The molecule has 1 aromatic heterocycles. The molecule has 0 spiro atoms. The van der Waals surface area contributed by atoms with Crippen molar-refractivity contribution >= 4 is 40.2 Å². The molecule has 0 saturated heterocycles. The number of carbonyl (C=O) groups is 2. The molecule has 3 aromatic carbocycles. The standard InChI is InChI=1S/C24H20ClN3O3/c25-18-11-7-16(8-12-18)23(30)26-15-3-6-22(29)27-19-13-9-17(10-14-19)24-28-20-4-1-2-5-21(20)31-24/h1-2,4-5,7-14H,3,6,15H2,(H,26,30)(H,27,29). The summed E-state index contributed by atoms with van der Waals surface area (Å²) >= 11 is 5.82. The Hall–Kier alpha value is -3.64. The van der Waals surface area contributed by atoms with Crippen molar-refractivity contribution in [1.29, 1.82) is 0 Å².